The van der Waals surface area contributed by atoms with Gasteiger partial charge in [-0.2, -0.15) is 0 Å². The zero-order valence-corrected chi connectivity index (χ0v) is 7.77. The highest BCUT2D eigenvalue weighted by Crippen LogP contribution is 2.35. The van der Waals surface area contributed by atoms with E-state index < -0.39 is 0 Å². The summed E-state index contributed by atoms with van der Waals surface area (Å²) in [7, 11) is 2.20. The van der Waals surface area contributed by atoms with Gasteiger partial charge >= 0.3 is 0 Å². The fourth-order valence-electron chi connectivity index (χ4n) is 2.13. The minimum Gasteiger partial charge on any atom is -0.330 e. The average molecular weight is 156 g/mol. The number of nitrogens with zero attached hydrogens (tertiary/aromatic N) is 1. The lowest BCUT2D eigenvalue weighted by Crippen LogP contribution is -2.27. The van der Waals surface area contributed by atoms with Crippen molar-refractivity contribution < 1.29 is 0 Å². The molecule has 2 heteroatoms. The third-order valence-electron chi connectivity index (χ3n) is 3.05. The summed E-state index contributed by atoms with van der Waals surface area (Å²) < 4.78 is 0. The molecule has 0 spiro atoms. The predicted octanol–water partition coefficient (Wildman–Crippen LogP) is 1.07. The largest absolute Gasteiger partial charge is 0.330 e. The van der Waals surface area contributed by atoms with Crippen LogP contribution < -0.4 is 5.73 Å². The molecule has 1 rings (SSSR count). The van der Waals surface area contributed by atoms with Crippen molar-refractivity contribution in [3.8, 4) is 0 Å². The Morgan fingerprint density at radius 1 is 1.55 bits per heavy atom. The van der Waals surface area contributed by atoms with Gasteiger partial charge in [0.05, 0.1) is 0 Å². The summed E-state index contributed by atoms with van der Waals surface area (Å²) in [5.41, 5.74) is 6.16. The fourth-order valence-corrected chi connectivity index (χ4v) is 2.13. The van der Waals surface area contributed by atoms with Gasteiger partial charge in [0, 0.05) is 6.54 Å². The Morgan fingerprint density at radius 2 is 2.27 bits per heavy atom. The molecule has 1 fully saturated rings. The molecule has 1 aliphatic heterocycles. The van der Waals surface area contributed by atoms with E-state index in [4.69, 9.17) is 5.73 Å². The zero-order valence-electron chi connectivity index (χ0n) is 7.77. The molecule has 0 aromatic heterocycles. The molecule has 2 nitrogen and oxygen atoms in total. The molecule has 2 N–H and O–H groups in total. The minimum absolute atomic E-state index is 0.559. The summed E-state index contributed by atoms with van der Waals surface area (Å²) in [6.45, 7) is 5.64. The van der Waals surface area contributed by atoms with E-state index in [0.29, 0.717) is 5.41 Å². The van der Waals surface area contributed by atoms with Crippen LogP contribution in [0.3, 0.4) is 0 Å². The van der Waals surface area contributed by atoms with Gasteiger partial charge in [0.1, 0.15) is 0 Å². The third kappa shape index (κ3) is 1.94. The van der Waals surface area contributed by atoms with Crippen molar-refractivity contribution in [2.45, 2.75) is 26.2 Å². The Balaban J connectivity index is 2.48. The van der Waals surface area contributed by atoms with Gasteiger partial charge in [0.15, 0.2) is 0 Å². The molecule has 0 aromatic rings. The van der Waals surface area contributed by atoms with Crippen LogP contribution in [0.4, 0.5) is 0 Å². The lowest BCUT2D eigenvalue weighted by molar-refractivity contribution is 0.255. The van der Waals surface area contributed by atoms with Crippen molar-refractivity contribution in [1.82, 2.24) is 4.90 Å². The van der Waals surface area contributed by atoms with Crippen molar-refractivity contribution in [2.24, 2.45) is 11.1 Å². The molecule has 1 aliphatic rings. The summed E-state index contributed by atoms with van der Waals surface area (Å²) in [5.74, 6) is 0. The van der Waals surface area contributed by atoms with E-state index in [1.165, 1.54) is 32.4 Å². The molecule has 0 radical (unpaired) electrons. The van der Waals surface area contributed by atoms with Gasteiger partial charge < -0.3 is 10.6 Å². The molecule has 0 amide bonds. The molecular weight excluding hydrogens is 136 g/mol. The van der Waals surface area contributed by atoms with Crippen LogP contribution in [0.15, 0.2) is 0 Å². The molecule has 0 aliphatic carbocycles. The Hall–Kier alpha value is -0.0800. The molecule has 0 saturated carbocycles. The van der Waals surface area contributed by atoms with Crippen LogP contribution in [0.25, 0.3) is 0 Å². The van der Waals surface area contributed by atoms with Crippen LogP contribution >= 0.6 is 0 Å². The van der Waals surface area contributed by atoms with E-state index in [1.807, 2.05) is 0 Å². The summed E-state index contributed by atoms with van der Waals surface area (Å²) in [6, 6.07) is 0. The maximum Gasteiger partial charge on any atom is 0.00358 e. The van der Waals surface area contributed by atoms with Crippen LogP contribution in [0.5, 0.6) is 0 Å². The number of likely N-dealkylation sites (tertiary alicyclic amines) is 1. The first-order valence-electron chi connectivity index (χ1n) is 4.61. The predicted molar refractivity (Wildman–Crippen MR) is 48.5 cm³/mol. The smallest absolute Gasteiger partial charge is 0.00358 e. The highest BCUT2D eigenvalue weighted by Gasteiger charge is 2.33. The maximum absolute atomic E-state index is 5.60. The average Bonchev–Trinajstić information content (AvgIpc) is 2.34. The summed E-state index contributed by atoms with van der Waals surface area (Å²) in [5, 5.41) is 0. The first-order valence-corrected chi connectivity index (χ1v) is 4.61. The van der Waals surface area contributed by atoms with Crippen LogP contribution in [-0.4, -0.2) is 31.6 Å². The molecule has 11 heavy (non-hydrogen) atoms. The van der Waals surface area contributed by atoms with Gasteiger partial charge in [-0.25, -0.2) is 0 Å². The maximum atomic E-state index is 5.60. The second-order valence-corrected chi connectivity index (χ2v) is 3.88. The van der Waals surface area contributed by atoms with Gasteiger partial charge in [-0.15, -0.1) is 0 Å². The van der Waals surface area contributed by atoms with Gasteiger partial charge in [-0.05, 0) is 44.8 Å². The number of nitrogens with two attached hydrogens (primary N) is 1. The number of hydrogen-bond donors (Lipinski definition) is 1. The molecular formula is C9H20N2. The summed E-state index contributed by atoms with van der Waals surface area (Å²) in [6.07, 6.45) is 3.83. The van der Waals surface area contributed by atoms with Crippen LogP contribution in [0.1, 0.15) is 26.2 Å². The molecule has 1 unspecified atom stereocenters. The summed E-state index contributed by atoms with van der Waals surface area (Å²) in [4.78, 5) is 2.42. The van der Waals surface area contributed by atoms with E-state index in [1.54, 1.807) is 0 Å². The van der Waals surface area contributed by atoms with E-state index in [9.17, 15) is 0 Å². The zero-order chi connectivity index (χ0) is 8.32. The second-order valence-electron chi connectivity index (χ2n) is 3.88. The molecule has 0 bridgehead atoms. The van der Waals surface area contributed by atoms with Gasteiger partial charge in [-0.1, -0.05) is 6.92 Å². The third-order valence-corrected chi connectivity index (χ3v) is 3.05. The van der Waals surface area contributed by atoms with Crippen LogP contribution in [0, 0.1) is 5.41 Å². The molecule has 1 saturated heterocycles. The topological polar surface area (TPSA) is 29.3 Å². The summed E-state index contributed by atoms with van der Waals surface area (Å²) >= 11 is 0. The first kappa shape index (κ1) is 9.01. The molecule has 1 atom stereocenters. The highest BCUT2D eigenvalue weighted by molar-refractivity contribution is 4.87. The van der Waals surface area contributed by atoms with Crippen LogP contribution in [-0.2, 0) is 0 Å². The monoisotopic (exact) mass is 156 g/mol. The van der Waals surface area contributed by atoms with Crippen molar-refractivity contribution in [3.05, 3.63) is 0 Å². The van der Waals surface area contributed by atoms with E-state index >= 15 is 0 Å². The Labute approximate surface area is 69.8 Å². The normalized spacial score (nSPS) is 33.0. The van der Waals surface area contributed by atoms with Crippen molar-refractivity contribution >= 4 is 0 Å². The van der Waals surface area contributed by atoms with Gasteiger partial charge in [-0.3, -0.25) is 0 Å². The van der Waals surface area contributed by atoms with Gasteiger partial charge in [0.25, 0.3) is 0 Å². The lowest BCUT2D eigenvalue weighted by Gasteiger charge is -2.26. The van der Waals surface area contributed by atoms with Crippen molar-refractivity contribution in [1.29, 1.82) is 0 Å². The van der Waals surface area contributed by atoms with E-state index in [-0.39, 0.29) is 0 Å². The quantitative estimate of drug-likeness (QED) is 0.662. The molecule has 66 valence electrons. The van der Waals surface area contributed by atoms with Gasteiger partial charge in [0.2, 0.25) is 0 Å². The lowest BCUT2D eigenvalue weighted by atomic mass is 9.81. The van der Waals surface area contributed by atoms with Crippen molar-refractivity contribution in [2.75, 3.05) is 26.7 Å². The molecule has 1 heterocycles. The molecule has 0 aromatic carbocycles. The van der Waals surface area contributed by atoms with Crippen LogP contribution in [0.2, 0.25) is 0 Å². The standard InChI is InChI=1S/C9H20N2/c1-3-9(4-6-10)5-7-11(2)8-9/h3-8,10H2,1-2H3. The minimum atomic E-state index is 0.559. The van der Waals surface area contributed by atoms with E-state index in [0.717, 1.165) is 6.54 Å². The highest BCUT2D eigenvalue weighted by atomic mass is 15.1. The Kier molecular flexibility index (Phi) is 2.90. The SMILES string of the molecule is CCC1(CCN)CCN(C)C1. The van der Waals surface area contributed by atoms with Crippen molar-refractivity contribution in [3.63, 3.8) is 0 Å². The number of rotatable bonds is 3. The Morgan fingerprint density at radius 3 is 2.64 bits per heavy atom. The second kappa shape index (κ2) is 3.55. The first-order chi connectivity index (χ1) is 5.22. The Bertz CT molecular complexity index is 121. The number of hydrogen-bond acceptors (Lipinski definition) is 2. The van der Waals surface area contributed by atoms with E-state index in [2.05, 4.69) is 18.9 Å². The fraction of sp³-hybridized carbons (Fsp3) is 1.00.